The van der Waals surface area contributed by atoms with Crippen LogP contribution in [-0.2, 0) is 15.4 Å². The smallest absolute Gasteiger partial charge is 0.231 e. The fourth-order valence-corrected chi connectivity index (χ4v) is 7.05. The highest BCUT2D eigenvalue weighted by Crippen LogP contribution is 2.69. The number of aromatic nitrogens is 4. The second-order valence-electron chi connectivity index (χ2n) is 10.9. The van der Waals surface area contributed by atoms with E-state index in [0.717, 1.165) is 36.0 Å². The third-order valence-corrected chi connectivity index (χ3v) is 8.94. The number of hydrogen-bond donors (Lipinski definition) is 1. The van der Waals surface area contributed by atoms with Gasteiger partial charge in [0.1, 0.15) is 17.7 Å². The van der Waals surface area contributed by atoms with Crippen molar-refractivity contribution in [3.8, 4) is 28.6 Å². The molecule has 2 aliphatic carbocycles. The summed E-state index contributed by atoms with van der Waals surface area (Å²) in [6.45, 7) is 4.32. The molecular formula is C29H24F2N6O2S. The molecule has 3 aromatic heterocycles. The van der Waals surface area contributed by atoms with Gasteiger partial charge >= 0.3 is 0 Å². The van der Waals surface area contributed by atoms with Gasteiger partial charge in [-0.05, 0) is 66.1 Å². The second-order valence-corrected chi connectivity index (χ2v) is 12.6. The van der Waals surface area contributed by atoms with Crippen molar-refractivity contribution in [1.29, 1.82) is 5.26 Å². The monoisotopic (exact) mass is 558 g/mol. The van der Waals surface area contributed by atoms with Gasteiger partial charge in [-0.25, -0.2) is 22.2 Å². The van der Waals surface area contributed by atoms with E-state index >= 15 is 0 Å². The molecule has 1 fully saturated rings. The summed E-state index contributed by atoms with van der Waals surface area (Å²) in [4.78, 5) is 9.17. The van der Waals surface area contributed by atoms with Gasteiger partial charge in [0.05, 0.1) is 45.6 Å². The predicted octanol–water partition coefficient (Wildman–Crippen LogP) is 5.33. The maximum atomic E-state index is 14.6. The topological polar surface area (TPSA) is 122 Å². The van der Waals surface area contributed by atoms with Crippen molar-refractivity contribution in [2.45, 2.75) is 38.0 Å². The van der Waals surface area contributed by atoms with E-state index in [-0.39, 0.29) is 34.0 Å². The quantitative estimate of drug-likeness (QED) is 0.352. The molecule has 202 valence electrons. The van der Waals surface area contributed by atoms with Crippen molar-refractivity contribution in [2.75, 3.05) is 11.0 Å². The van der Waals surface area contributed by atoms with Crippen LogP contribution in [0.3, 0.4) is 0 Å². The van der Waals surface area contributed by atoms with E-state index in [2.05, 4.69) is 33.8 Å². The minimum absolute atomic E-state index is 0.0506. The van der Waals surface area contributed by atoms with E-state index in [4.69, 9.17) is 4.98 Å². The number of benzene rings is 1. The van der Waals surface area contributed by atoms with Crippen molar-refractivity contribution in [3.63, 3.8) is 0 Å². The molecule has 8 nitrogen and oxygen atoms in total. The van der Waals surface area contributed by atoms with E-state index in [1.54, 1.807) is 18.2 Å². The molecule has 2 aliphatic rings. The number of pyridine rings is 2. The average molecular weight is 559 g/mol. The molecule has 40 heavy (non-hydrogen) atoms. The number of nitrogens with zero attached hydrogens (tertiary/aromatic N) is 5. The minimum atomic E-state index is -3.61. The van der Waals surface area contributed by atoms with Gasteiger partial charge in [-0.3, -0.25) is 9.71 Å². The summed E-state index contributed by atoms with van der Waals surface area (Å²) in [5, 5.41) is 18.5. The van der Waals surface area contributed by atoms with Crippen LogP contribution in [0.15, 0.2) is 54.7 Å². The first-order chi connectivity index (χ1) is 19.0. The van der Waals surface area contributed by atoms with Gasteiger partial charge in [0.2, 0.25) is 10.0 Å². The fourth-order valence-electron chi connectivity index (χ4n) is 6.54. The van der Waals surface area contributed by atoms with Crippen LogP contribution in [0.2, 0.25) is 0 Å². The van der Waals surface area contributed by atoms with Gasteiger partial charge in [0, 0.05) is 11.8 Å². The number of halogens is 2. The number of nitriles is 1. The van der Waals surface area contributed by atoms with Crippen LogP contribution in [0.5, 0.6) is 0 Å². The molecule has 1 N–H and O–H groups in total. The Hall–Kier alpha value is -4.30. The summed E-state index contributed by atoms with van der Waals surface area (Å²) >= 11 is 0. The Kier molecular flexibility index (Phi) is 5.75. The van der Waals surface area contributed by atoms with E-state index < -0.39 is 27.1 Å². The van der Waals surface area contributed by atoms with Gasteiger partial charge < -0.3 is 0 Å². The van der Waals surface area contributed by atoms with Gasteiger partial charge in [0.15, 0.2) is 5.82 Å². The van der Waals surface area contributed by atoms with Crippen LogP contribution in [0.1, 0.15) is 55.1 Å². The maximum absolute atomic E-state index is 14.6. The molecule has 3 heterocycles. The van der Waals surface area contributed by atoms with Crippen molar-refractivity contribution in [3.05, 3.63) is 88.9 Å². The van der Waals surface area contributed by atoms with Gasteiger partial charge in [-0.15, -0.1) is 5.10 Å². The molecule has 4 aromatic rings. The van der Waals surface area contributed by atoms with Crippen molar-refractivity contribution in [1.82, 2.24) is 20.2 Å². The standard InChI is InChI=1S/C29H24F2N6O2S/c1-28(2)19-10-11-29(28,26-18(19)13-23(35-36-26)25-20(30)6-4-7-21(25)31)24-9-5-8-22(34-24)17-12-16(14-32)27(33-15-17)37-40(3,38)39/h4-9,12-13,15,19H,10-11H2,1-3H3,(H,33,37)/t19-,29-/m0/s1. The third kappa shape index (κ3) is 3.78. The molecule has 0 amide bonds. The molecule has 0 radical (unpaired) electrons. The first-order valence-electron chi connectivity index (χ1n) is 12.6. The average Bonchev–Trinajstić information content (AvgIpc) is 3.29. The summed E-state index contributed by atoms with van der Waals surface area (Å²) in [7, 11) is -3.61. The van der Waals surface area contributed by atoms with Gasteiger partial charge in [-0.1, -0.05) is 26.0 Å². The molecule has 2 bridgehead atoms. The van der Waals surface area contributed by atoms with Crippen LogP contribution < -0.4 is 4.72 Å². The van der Waals surface area contributed by atoms with Crippen LogP contribution in [0.25, 0.3) is 22.5 Å². The number of hydrogen-bond acceptors (Lipinski definition) is 7. The number of anilines is 1. The zero-order valence-corrected chi connectivity index (χ0v) is 22.7. The first kappa shape index (κ1) is 26.0. The largest absolute Gasteiger partial charge is 0.266 e. The lowest BCUT2D eigenvalue weighted by atomic mass is 9.66. The molecule has 1 aromatic carbocycles. The lowest BCUT2D eigenvalue weighted by molar-refractivity contribution is 0.243. The Morgan fingerprint density at radius 1 is 1.05 bits per heavy atom. The number of nitrogens with one attached hydrogen (secondary N) is 1. The van der Waals surface area contributed by atoms with Crippen LogP contribution >= 0.6 is 0 Å². The summed E-state index contributed by atoms with van der Waals surface area (Å²) < 4.78 is 54.7. The Labute approximate surface area is 230 Å². The first-order valence-corrected chi connectivity index (χ1v) is 14.5. The fraction of sp³-hybridized carbons (Fsp3) is 0.276. The van der Waals surface area contributed by atoms with E-state index in [9.17, 15) is 22.5 Å². The molecular weight excluding hydrogens is 534 g/mol. The molecule has 2 atom stereocenters. The normalized spacial score (nSPS) is 20.6. The van der Waals surface area contributed by atoms with Crippen LogP contribution in [0.4, 0.5) is 14.6 Å². The maximum Gasteiger partial charge on any atom is 0.231 e. The Morgan fingerprint density at radius 2 is 1.77 bits per heavy atom. The number of rotatable bonds is 5. The molecule has 1 saturated carbocycles. The summed E-state index contributed by atoms with van der Waals surface area (Å²) in [5.74, 6) is -1.34. The SMILES string of the molecule is CC1(C)[C@H]2CC[C@]1(c1cccc(-c3cnc(NS(C)(=O)=O)c(C#N)c3)n1)c1nnc(-c3c(F)cccc3F)cc12. The van der Waals surface area contributed by atoms with Crippen molar-refractivity contribution in [2.24, 2.45) is 5.41 Å². The number of fused-ring (bicyclic) bond motifs is 5. The second kappa shape index (κ2) is 8.86. The lowest BCUT2D eigenvalue weighted by Gasteiger charge is -2.37. The van der Waals surface area contributed by atoms with Gasteiger partial charge in [0.25, 0.3) is 0 Å². The van der Waals surface area contributed by atoms with Crippen LogP contribution in [0, 0.1) is 28.4 Å². The molecule has 6 rings (SSSR count). The predicted molar refractivity (Wildman–Crippen MR) is 145 cm³/mol. The molecule has 0 aliphatic heterocycles. The third-order valence-electron chi connectivity index (χ3n) is 8.37. The minimum Gasteiger partial charge on any atom is -0.266 e. The van der Waals surface area contributed by atoms with E-state index in [1.165, 1.54) is 24.4 Å². The van der Waals surface area contributed by atoms with E-state index in [1.807, 2.05) is 18.2 Å². The highest BCUT2D eigenvalue weighted by Gasteiger charge is 2.65. The highest BCUT2D eigenvalue weighted by atomic mass is 32.2. The molecule has 0 unspecified atom stereocenters. The molecule has 0 saturated heterocycles. The lowest BCUT2D eigenvalue weighted by Crippen LogP contribution is -2.37. The van der Waals surface area contributed by atoms with Gasteiger partial charge in [-0.2, -0.15) is 10.4 Å². The van der Waals surface area contributed by atoms with E-state index in [0.29, 0.717) is 11.3 Å². The Balaban J connectivity index is 1.46. The Bertz CT molecular complexity index is 1830. The highest BCUT2D eigenvalue weighted by molar-refractivity contribution is 7.92. The van der Waals surface area contributed by atoms with Crippen LogP contribution in [-0.4, -0.2) is 34.8 Å². The Morgan fingerprint density at radius 3 is 2.48 bits per heavy atom. The molecule has 0 spiro atoms. The summed E-state index contributed by atoms with van der Waals surface area (Å²) in [6, 6.07) is 14.6. The zero-order valence-electron chi connectivity index (χ0n) is 21.9. The summed E-state index contributed by atoms with van der Waals surface area (Å²) in [5.41, 5.74) is 2.68. The number of sulfonamides is 1. The zero-order chi connectivity index (χ0) is 28.4. The van der Waals surface area contributed by atoms with Crippen molar-refractivity contribution < 1.29 is 17.2 Å². The van der Waals surface area contributed by atoms with Crippen molar-refractivity contribution >= 4 is 15.8 Å². The molecule has 11 heteroatoms. The summed E-state index contributed by atoms with van der Waals surface area (Å²) in [6.07, 6.45) is 4.08.